The Hall–Kier alpha value is -2.84. The number of benzene rings is 2. The first-order valence-electron chi connectivity index (χ1n) is 7.31. The van der Waals surface area contributed by atoms with Gasteiger partial charge in [0.25, 0.3) is 0 Å². The second kappa shape index (κ2) is 6.58. The monoisotopic (exact) mass is 358 g/mol. The molecule has 6 heteroatoms. The van der Waals surface area contributed by atoms with Gasteiger partial charge in [0.2, 0.25) is 0 Å². The highest BCUT2D eigenvalue weighted by molar-refractivity contribution is 6.32. The van der Waals surface area contributed by atoms with Gasteiger partial charge in [-0.1, -0.05) is 17.5 Å². The Kier molecular flexibility index (Phi) is 4.47. The summed E-state index contributed by atoms with van der Waals surface area (Å²) in [5, 5.41) is 0.0855. The largest absolute Gasteiger partial charge is 0.496 e. The number of nitrogens with zero attached hydrogens (tertiary/aromatic N) is 2. The molecule has 2 aromatic carbocycles. The predicted molar refractivity (Wildman–Crippen MR) is 93.2 cm³/mol. The molecular formula is C19H13ClF2N2O. The van der Waals surface area contributed by atoms with Gasteiger partial charge in [-0.05, 0) is 31.2 Å². The van der Waals surface area contributed by atoms with Crippen LogP contribution in [-0.4, -0.2) is 16.7 Å². The summed E-state index contributed by atoms with van der Waals surface area (Å²) in [6, 6.07) is 8.94. The van der Waals surface area contributed by atoms with E-state index in [1.54, 1.807) is 35.8 Å². The van der Waals surface area contributed by atoms with Crippen LogP contribution < -0.4 is 4.74 Å². The van der Waals surface area contributed by atoms with E-state index in [9.17, 15) is 8.78 Å². The molecule has 0 aliphatic carbocycles. The molecule has 0 N–H and O–H groups in total. The fourth-order valence-corrected chi connectivity index (χ4v) is 2.98. The molecule has 0 bridgehead atoms. The van der Waals surface area contributed by atoms with E-state index < -0.39 is 11.6 Å². The van der Waals surface area contributed by atoms with E-state index >= 15 is 0 Å². The lowest BCUT2D eigenvalue weighted by Crippen LogP contribution is -2.03. The van der Waals surface area contributed by atoms with Crippen LogP contribution in [0.2, 0.25) is 5.15 Å². The van der Waals surface area contributed by atoms with Gasteiger partial charge in [0, 0.05) is 23.4 Å². The number of methoxy groups -OCH3 is 1. The summed E-state index contributed by atoms with van der Waals surface area (Å²) >= 11 is 6.25. The third-order valence-corrected chi connectivity index (χ3v) is 4.03. The van der Waals surface area contributed by atoms with E-state index in [0.29, 0.717) is 17.1 Å². The van der Waals surface area contributed by atoms with Crippen molar-refractivity contribution < 1.29 is 13.5 Å². The summed E-state index contributed by atoms with van der Waals surface area (Å²) in [5.74, 6) is 1.57. The minimum Gasteiger partial charge on any atom is -0.496 e. The van der Waals surface area contributed by atoms with Crippen LogP contribution >= 0.6 is 11.6 Å². The van der Waals surface area contributed by atoms with Gasteiger partial charge in [0.1, 0.15) is 23.2 Å². The zero-order valence-electron chi connectivity index (χ0n) is 13.5. The zero-order valence-corrected chi connectivity index (χ0v) is 14.2. The SMILES string of the molecule is C#Cc1ccc(-n2c(C)nc(Cl)c2-c2c(F)cc(F)cc2OC)cc1. The van der Waals surface area contributed by atoms with Crippen molar-refractivity contribution in [2.45, 2.75) is 6.92 Å². The number of ether oxygens (including phenoxy) is 1. The first kappa shape index (κ1) is 17.0. The van der Waals surface area contributed by atoms with Crippen LogP contribution in [0, 0.1) is 30.9 Å². The maximum atomic E-state index is 14.5. The highest BCUT2D eigenvalue weighted by Crippen LogP contribution is 2.39. The van der Waals surface area contributed by atoms with Crippen molar-refractivity contribution >= 4 is 11.6 Å². The van der Waals surface area contributed by atoms with Gasteiger partial charge >= 0.3 is 0 Å². The Morgan fingerprint density at radius 3 is 2.48 bits per heavy atom. The normalized spacial score (nSPS) is 10.6. The van der Waals surface area contributed by atoms with E-state index in [2.05, 4.69) is 10.9 Å². The van der Waals surface area contributed by atoms with Crippen LogP contribution in [0.3, 0.4) is 0 Å². The van der Waals surface area contributed by atoms with Gasteiger partial charge in [-0.2, -0.15) is 0 Å². The van der Waals surface area contributed by atoms with Crippen molar-refractivity contribution in [2.24, 2.45) is 0 Å². The van der Waals surface area contributed by atoms with Crippen LogP contribution in [0.4, 0.5) is 8.78 Å². The second-order valence-corrected chi connectivity index (χ2v) is 5.65. The van der Waals surface area contributed by atoms with Crippen molar-refractivity contribution in [3.05, 3.63) is 64.6 Å². The van der Waals surface area contributed by atoms with E-state index in [4.69, 9.17) is 22.8 Å². The first-order valence-corrected chi connectivity index (χ1v) is 7.69. The number of hydrogen-bond acceptors (Lipinski definition) is 2. The minimum atomic E-state index is -0.792. The number of hydrogen-bond donors (Lipinski definition) is 0. The molecule has 0 saturated heterocycles. The highest BCUT2D eigenvalue weighted by atomic mass is 35.5. The quantitative estimate of drug-likeness (QED) is 0.631. The molecule has 0 aliphatic rings. The molecule has 0 fully saturated rings. The first-order chi connectivity index (χ1) is 12.0. The summed E-state index contributed by atoms with van der Waals surface area (Å²) in [6.45, 7) is 1.73. The lowest BCUT2D eigenvalue weighted by molar-refractivity contribution is 0.408. The summed E-state index contributed by atoms with van der Waals surface area (Å²) in [7, 11) is 1.33. The Labute approximate surface area is 148 Å². The Morgan fingerprint density at radius 1 is 1.20 bits per heavy atom. The number of halogens is 3. The van der Waals surface area contributed by atoms with Gasteiger partial charge in [0.05, 0.1) is 18.4 Å². The van der Waals surface area contributed by atoms with E-state index in [0.717, 1.165) is 12.1 Å². The predicted octanol–water partition coefficient (Wildman–Crippen LogP) is 4.77. The molecule has 25 heavy (non-hydrogen) atoms. The van der Waals surface area contributed by atoms with Crippen LogP contribution in [0.15, 0.2) is 36.4 Å². The average Bonchev–Trinajstić information content (AvgIpc) is 2.88. The Balaban J connectivity index is 2.30. The molecule has 0 atom stereocenters. The van der Waals surface area contributed by atoms with Crippen LogP contribution in [0.1, 0.15) is 11.4 Å². The zero-order chi connectivity index (χ0) is 18.1. The molecule has 3 aromatic rings. The Morgan fingerprint density at radius 2 is 1.88 bits per heavy atom. The maximum absolute atomic E-state index is 14.5. The van der Waals surface area contributed by atoms with Gasteiger partial charge in [-0.3, -0.25) is 4.57 Å². The van der Waals surface area contributed by atoms with E-state index in [-0.39, 0.29) is 22.2 Å². The number of aryl methyl sites for hydroxylation is 1. The fourth-order valence-electron chi connectivity index (χ4n) is 2.68. The lowest BCUT2D eigenvalue weighted by atomic mass is 10.1. The smallest absolute Gasteiger partial charge is 0.156 e. The highest BCUT2D eigenvalue weighted by Gasteiger charge is 2.24. The van der Waals surface area contributed by atoms with Crippen LogP contribution in [-0.2, 0) is 0 Å². The van der Waals surface area contributed by atoms with Crippen molar-refractivity contribution in [1.82, 2.24) is 9.55 Å². The van der Waals surface area contributed by atoms with Crippen LogP contribution in [0.25, 0.3) is 16.9 Å². The topological polar surface area (TPSA) is 27.1 Å². The molecule has 0 aliphatic heterocycles. The van der Waals surface area contributed by atoms with Gasteiger partial charge < -0.3 is 4.74 Å². The minimum absolute atomic E-state index is 0.0285. The summed E-state index contributed by atoms with van der Waals surface area (Å²) < 4.78 is 34.9. The molecule has 0 amide bonds. The third kappa shape index (κ3) is 2.97. The number of terminal acetylenes is 1. The molecular weight excluding hydrogens is 346 g/mol. The number of aromatic nitrogens is 2. The van der Waals surface area contributed by atoms with Crippen LogP contribution in [0.5, 0.6) is 5.75 Å². The molecule has 3 rings (SSSR count). The molecule has 0 radical (unpaired) electrons. The molecule has 126 valence electrons. The average molecular weight is 359 g/mol. The van der Waals surface area contributed by atoms with Crippen molar-refractivity contribution in [1.29, 1.82) is 0 Å². The summed E-state index contributed by atoms with van der Waals surface area (Å²) in [5.41, 5.74) is 1.72. The molecule has 0 saturated carbocycles. The summed E-state index contributed by atoms with van der Waals surface area (Å²) in [4.78, 5) is 4.22. The fraction of sp³-hybridized carbons (Fsp3) is 0.105. The molecule has 1 heterocycles. The lowest BCUT2D eigenvalue weighted by Gasteiger charge is -2.14. The van der Waals surface area contributed by atoms with Gasteiger partial charge in [0.15, 0.2) is 5.15 Å². The third-order valence-electron chi connectivity index (χ3n) is 3.77. The standard InChI is InChI=1S/C19H13ClF2N2O/c1-4-12-5-7-14(8-6-12)24-11(2)23-19(20)18(24)17-15(22)9-13(21)10-16(17)25-3/h1,5-10H,2-3H3. The molecule has 1 aromatic heterocycles. The second-order valence-electron chi connectivity index (χ2n) is 5.29. The van der Waals surface area contributed by atoms with E-state index in [1.165, 1.54) is 7.11 Å². The van der Waals surface area contributed by atoms with Gasteiger partial charge in [-0.15, -0.1) is 6.42 Å². The maximum Gasteiger partial charge on any atom is 0.156 e. The van der Waals surface area contributed by atoms with Gasteiger partial charge in [-0.25, -0.2) is 13.8 Å². The Bertz CT molecular complexity index is 988. The summed E-state index contributed by atoms with van der Waals surface area (Å²) in [6.07, 6.45) is 5.37. The van der Waals surface area contributed by atoms with Crippen molar-refractivity contribution in [2.75, 3.05) is 7.11 Å². The molecule has 0 spiro atoms. The number of rotatable bonds is 3. The van der Waals surface area contributed by atoms with E-state index in [1.807, 2.05) is 0 Å². The molecule has 3 nitrogen and oxygen atoms in total. The number of imidazole rings is 1. The molecule has 0 unspecified atom stereocenters. The van der Waals surface area contributed by atoms with Crippen molar-refractivity contribution in [3.63, 3.8) is 0 Å². The van der Waals surface area contributed by atoms with Crippen molar-refractivity contribution in [3.8, 4) is 35.0 Å².